The van der Waals surface area contributed by atoms with Gasteiger partial charge >= 0.3 is 0 Å². The van der Waals surface area contributed by atoms with E-state index in [1.807, 2.05) is 26.0 Å². The number of aliphatic hydroxyl groups excluding tert-OH is 1. The van der Waals surface area contributed by atoms with Crippen LogP contribution in [0, 0.1) is 20.8 Å². The molecule has 1 N–H and O–H groups in total. The second-order valence-electron chi connectivity index (χ2n) is 8.25. The van der Waals surface area contributed by atoms with E-state index in [9.17, 15) is 13.5 Å². The van der Waals surface area contributed by atoms with Gasteiger partial charge < -0.3 is 19.1 Å². The van der Waals surface area contributed by atoms with E-state index in [4.69, 9.17) is 25.6 Å². The molecule has 0 spiro atoms. The molecule has 1 aromatic carbocycles. The van der Waals surface area contributed by atoms with Gasteiger partial charge in [0.1, 0.15) is 33.3 Å². The Bertz CT molecular complexity index is 1500. The molecule has 0 aliphatic rings. The summed E-state index contributed by atoms with van der Waals surface area (Å²) in [5.74, 6) is -0.201. The third-order valence-corrected chi connectivity index (χ3v) is 9.26. The molecule has 36 heavy (non-hydrogen) atoms. The monoisotopic (exact) mass is 551 g/mol. The van der Waals surface area contributed by atoms with E-state index in [2.05, 4.69) is 10.1 Å². The van der Waals surface area contributed by atoms with Crippen molar-refractivity contribution in [3.63, 3.8) is 0 Å². The van der Waals surface area contributed by atoms with Crippen LogP contribution in [0.1, 0.15) is 40.3 Å². The van der Waals surface area contributed by atoms with Gasteiger partial charge in [0.05, 0.1) is 4.88 Å². The maximum Gasteiger partial charge on any atom is 0.270 e. The van der Waals surface area contributed by atoms with Crippen molar-refractivity contribution in [2.45, 2.75) is 45.0 Å². The average molecular weight is 552 g/mol. The highest BCUT2D eigenvalue weighted by molar-refractivity contribution is 7.93. The Morgan fingerprint density at radius 2 is 2.00 bits per heavy atom. The lowest BCUT2D eigenvalue weighted by atomic mass is 10.00. The Balaban J connectivity index is 1.93. The summed E-state index contributed by atoms with van der Waals surface area (Å²) in [6, 6.07) is 8.88. The first-order valence-electron chi connectivity index (χ1n) is 11.0. The highest BCUT2D eigenvalue weighted by atomic mass is 35.5. The Kier molecular flexibility index (Phi) is 7.69. The summed E-state index contributed by atoms with van der Waals surface area (Å²) in [6.07, 6.45) is -0.366. The van der Waals surface area contributed by atoms with Crippen molar-refractivity contribution < 1.29 is 27.5 Å². The minimum atomic E-state index is -4.41. The van der Waals surface area contributed by atoms with E-state index in [-0.39, 0.29) is 20.7 Å². The van der Waals surface area contributed by atoms with Gasteiger partial charge in [-0.3, -0.25) is 0 Å². The van der Waals surface area contributed by atoms with Gasteiger partial charge in [0, 0.05) is 18.7 Å². The molecule has 2 unspecified atom stereocenters. The van der Waals surface area contributed by atoms with E-state index in [0.717, 1.165) is 26.8 Å². The normalized spacial score (nSPS) is 13.8. The topological polar surface area (TPSA) is 115 Å². The number of aliphatic hydroxyl groups is 1. The lowest BCUT2D eigenvalue weighted by Crippen LogP contribution is -2.35. The molecular formula is C24H26ClN3O6S2. The second-order valence-corrected chi connectivity index (χ2v) is 11.5. The van der Waals surface area contributed by atoms with Gasteiger partial charge in [-0.15, -0.1) is 11.3 Å². The van der Waals surface area contributed by atoms with Crippen LogP contribution in [0.15, 0.2) is 45.9 Å². The number of anilines is 1. The molecule has 0 bridgehead atoms. The van der Waals surface area contributed by atoms with Crippen LogP contribution in [-0.2, 0) is 19.5 Å². The number of sulfonamides is 1. The van der Waals surface area contributed by atoms with Crippen molar-refractivity contribution >= 4 is 49.1 Å². The lowest BCUT2D eigenvalue weighted by molar-refractivity contribution is -0.108. The summed E-state index contributed by atoms with van der Waals surface area (Å²) >= 11 is 7.47. The van der Waals surface area contributed by atoms with Crippen molar-refractivity contribution in [3.8, 4) is 0 Å². The fourth-order valence-electron chi connectivity index (χ4n) is 3.74. The van der Waals surface area contributed by atoms with Crippen molar-refractivity contribution in [1.82, 2.24) is 10.1 Å². The van der Waals surface area contributed by atoms with Gasteiger partial charge in [-0.05, 0) is 51.0 Å². The molecule has 9 nitrogen and oxygen atoms in total. The standard InChI is InChI=1S/C24H26ClN3O6S2/c1-13-8-9-17(14(2)11-13)20(29)21-22(18-7-6-10-26-23(18)35-21)36(30,31)28(12-33-16(4)32-5)24-19(25)15(3)27-34-24/h6-11,16,20,29H,12H2,1-5H3. The number of halogens is 1. The second kappa shape index (κ2) is 10.4. The SMILES string of the molecule is COC(C)OCN(c1onc(C)c1Cl)S(=O)(=O)c1c(C(O)c2ccc(C)cc2C)sc2ncccc12. The first-order valence-corrected chi connectivity index (χ1v) is 13.6. The fourth-order valence-corrected chi connectivity index (χ4v) is 7.08. The predicted octanol–water partition coefficient (Wildman–Crippen LogP) is 5.11. The number of thiophene rings is 1. The zero-order valence-electron chi connectivity index (χ0n) is 20.4. The summed E-state index contributed by atoms with van der Waals surface area (Å²) in [6.45, 7) is 6.57. The zero-order valence-corrected chi connectivity index (χ0v) is 22.7. The van der Waals surface area contributed by atoms with Gasteiger partial charge in [0.15, 0.2) is 6.29 Å². The highest BCUT2D eigenvalue weighted by Gasteiger charge is 2.38. The molecule has 0 saturated carbocycles. The number of benzene rings is 1. The van der Waals surface area contributed by atoms with Gasteiger partial charge in [-0.1, -0.05) is 40.5 Å². The Morgan fingerprint density at radius 1 is 1.25 bits per heavy atom. The van der Waals surface area contributed by atoms with Crippen LogP contribution in [0.3, 0.4) is 0 Å². The fraction of sp³-hybridized carbons (Fsp3) is 0.333. The van der Waals surface area contributed by atoms with Crippen molar-refractivity contribution in [2.24, 2.45) is 0 Å². The first-order chi connectivity index (χ1) is 17.1. The summed E-state index contributed by atoms with van der Waals surface area (Å²) in [7, 11) is -2.97. The van der Waals surface area contributed by atoms with Crippen LogP contribution in [0.25, 0.3) is 10.2 Å². The van der Waals surface area contributed by atoms with Gasteiger partial charge in [0.25, 0.3) is 15.9 Å². The summed E-state index contributed by atoms with van der Waals surface area (Å²) in [4.78, 5) is 4.91. The molecule has 2 atom stereocenters. The molecule has 0 saturated heterocycles. The number of aryl methyl sites for hydroxylation is 3. The van der Waals surface area contributed by atoms with Gasteiger partial charge in [-0.25, -0.2) is 17.7 Å². The van der Waals surface area contributed by atoms with E-state index in [0.29, 0.717) is 21.5 Å². The van der Waals surface area contributed by atoms with Crippen molar-refractivity contribution in [3.05, 3.63) is 68.8 Å². The Hall–Kier alpha value is -2.54. The Morgan fingerprint density at radius 3 is 2.64 bits per heavy atom. The van der Waals surface area contributed by atoms with Gasteiger partial charge in [0.2, 0.25) is 0 Å². The summed E-state index contributed by atoms with van der Waals surface area (Å²) < 4.78 is 45.5. The minimum absolute atomic E-state index is 0.0291. The number of nitrogens with zero attached hydrogens (tertiary/aromatic N) is 3. The van der Waals surface area contributed by atoms with E-state index >= 15 is 0 Å². The largest absolute Gasteiger partial charge is 0.383 e. The van der Waals surface area contributed by atoms with E-state index in [1.54, 1.807) is 38.2 Å². The molecule has 4 aromatic rings. The average Bonchev–Trinajstić information content (AvgIpc) is 3.39. The number of pyridine rings is 1. The molecule has 3 aromatic heterocycles. The smallest absolute Gasteiger partial charge is 0.270 e. The first kappa shape index (κ1) is 26.5. The Labute approximate surface area is 218 Å². The minimum Gasteiger partial charge on any atom is -0.383 e. The lowest BCUT2D eigenvalue weighted by Gasteiger charge is -2.24. The number of methoxy groups -OCH3 is 1. The summed E-state index contributed by atoms with van der Waals surface area (Å²) in [5.41, 5.74) is 2.77. The molecule has 12 heteroatoms. The van der Waals surface area contributed by atoms with Crippen molar-refractivity contribution in [1.29, 1.82) is 0 Å². The number of rotatable bonds is 9. The van der Waals surface area contributed by atoms with Crippen LogP contribution in [0.2, 0.25) is 5.02 Å². The van der Waals surface area contributed by atoms with Crippen LogP contribution in [0.5, 0.6) is 0 Å². The quantitative estimate of drug-likeness (QED) is 0.285. The van der Waals surface area contributed by atoms with E-state index < -0.39 is 29.1 Å². The third-order valence-electron chi connectivity index (χ3n) is 5.72. The molecule has 3 heterocycles. The maximum absolute atomic E-state index is 14.3. The molecule has 0 aliphatic carbocycles. The molecule has 192 valence electrons. The van der Waals surface area contributed by atoms with Crippen LogP contribution >= 0.6 is 22.9 Å². The molecule has 0 amide bonds. The predicted molar refractivity (Wildman–Crippen MR) is 138 cm³/mol. The third kappa shape index (κ3) is 4.86. The molecule has 0 radical (unpaired) electrons. The number of fused-ring (bicyclic) bond motifs is 1. The van der Waals surface area contributed by atoms with Crippen molar-refractivity contribution in [2.75, 3.05) is 18.1 Å². The van der Waals surface area contributed by atoms with Gasteiger partial charge in [-0.2, -0.15) is 0 Å². The number of ether oxygens (including phenoxy) is 2. The number of aromatic nitrogens is 2. The maximum atomic E-state index is 14.3. The number of hydrogen-bond donors (Lipinski definition) is 1. The number of hydrogen-bond acceptors (Lipinski definition) is 9. The molecule has 4 rings (SSSR count). The molecule has 0 fully saturated rings. The summed E-state index contributed by atoms with van der Waals surface area (Å²) in [5, 5.41) is 15.7. The molecule has 0 aliphatic heterocycles. The zero-order chi connectivity index (χ0) is 26.2. The van der Waals surface area contributed by atoms with E-state index in [1.165, 1.54) is 7.11 Å². The van der Waals surface area contributed by atoms with Crippen LogP contribution in [-0.4, -0.2) is 43.8 Å². The highest BCUT2D eigenvalue weighted by Crippen LogP contribution is 2.43. The molecular weight excluding hydrogens is 526 g/mol. The van der Waals surface area contributed by atoms with Crippen LogP contribution < -0.4 is 4.31 Å². The van der Waals surface area contributed by atoms with Crippen LogP contribution in [0.4, 0.5) is 5.88 Å².